The summed E-state index contributed by atoms with van der Waals surface area (Å²) < 4.78 is 31.9. The van der Waals surface area contributed by atoms with E-state index in [1.807, 2.05) is 88.5 Å². The van der Waals surface area contributed by atoms with Gasteiger partial charge in [0.15, 0.2) is 6.29 Å². The van der Waals surface area contributed by atoms with Gasteiger partial charge in [0.1, 0.15) is 23.9 Å². The Morgan fingerprint density at radius 1 is 1.03 bits per heavy atom. The standard InChI is InChI=1S/C45H69N3O10S/c1-13-31-17-19-32(20-18-31)25-37(49)57-39-28(5)41(58-43-38(50)34(48(10)11)24-26(3)55-43)44(8,54-12)22-21-33(47-46-30(7)35-16-15-23-59-35)27(4)40(51)45(9,53)36(14-2)56-42(52)29(39)6/h15-20,23,26-29,34,36,38-41,43,50-51,53H,13-14,21-22,24-25H2,1-12H3. The predicted octanol–water partition coefficient (Wildman–Crippen LogP) is 5.98. The zero-order chi connectivity index (χ0) is 43.8. The molecule has 3 heterocycles. The minimum atomic E-state index is -1.91. The number of esters is 2. The van der Waals surface area contributed by atoms with Gasteiger partial charge in [-0.2, -0.15) is 10.2 Å². The Morgan fingerprint density at radius 2 is 1.69 bits per heavy atom. The van der Waals surface area contributed by atoms with Crippen LogP contribution >= 0.6 is 11.3 Å². The molecule has 0 spiro atoms. The van der Waals surface area contributed by atoms with Crippen LogP contribution in [0.25, 0.3) is 0 Å². The Hall–Kier alpha value is -3.08. The average Bonchev–Trinajstić information content (AvgIpc) is 3.76. The molecule has 4 rings (SSSR count). The van der Waals surface area contributed by atoms with E-state index < -0.39 is 77.7 Å². The number of thiophene rings is 1. The van der Waals surface area contributed by atoms with E-state index in [4.69, 9.17) is 28.8 Å². The normalized spacial score (nSPS) is 36.3. The molecule has 330 valence electrons. The van der Waals surface area contributed by atoms with Crippen molar-refractivity contribution in [1.29, 1.82) is 0 Å². The number of aliphatic hydroxyl groups excluding tert-OH is 2. The molecule has 2 aliphatic rings. The lowest BCUT2D eigenvalue weighted by atomic mass is 9.76. The van der Waals surface area contributed by atoms with Gasteiger partial charge >= 0.3 is 11.9 Å². The van der Waals surface area contributed by atoms with Crippen LogP contribution in [-0.4, -0.2) is 125 Å². The fourth-order valence-corrected chi connectivity index (χ4v) is 9.04. The van der Waals surface area contributed by atoms with E-state index in [2.05, 4.69) is 12.0 Å². The summed E-state index contributed by atoms with van der Waals surface area (Å²) in [5.74, 6) is -3.86. The molecule has 13 nitrogen and oxygen atoms in total. The van der Waals surface area contributed by atoms with Crippen LogP contribution in [0.15, 0.2) is 52.0 Å². The highest BCUT2D eigenvalue weighted by molar-refractivity contribution is 7.12. The fraction of sp³-hybridized carbons (Fsp3) is 0.689. The summed E-state index contributed by atoms with van der Waals surface area (Å²) in [6, 6.07) is 11.3. The molecule has 2 saturated heterocycles. The van der Waals surface area contributed by atoms with Gasteiger partial charge in [0.2, 0.25) is 0 Å². The maximum absolute atomic E-state index is 14.3. The SMILES string of the molecule is CCc1ccc(CC(=O)OC2C(C)C(=O)OC(CC)C(C)(O)C(O)C(C)C(=NN=C(C)c3cccs3)CCC(C)(OC)C(OC3OC(C)CC(N(C)C)C3O)C2C)cc1. The van der Waals surface area contributed by atoms with E-state index in [-0.39, 0.29) is 37.8 Å². The van der Waals surface area contributed by atoms with Gasteiger partial charge in [0, 0.05) is 30.7 Å². The summed E-state index contributed by atoms with van der Waals surface area (Å²) in [5, 5.41) is 46.8. The summed E-state index contributed by atoms with van der Waals surface area (Å²) in [4.78, 5) is 31.1. The predicted molar refractivity (Wildman–Crippen MR) is 230 cm³/mol. The van der Waals surface area contributed by atoms with Crippen molar-refractivity contribution >= 4 is 34.7 Å². The summed E-state index contributed by atoms with van der Waals surface area (Å²) >= 11 is 1.53. The molecule has 14 heteroatoms. The molecule has 13 atom stereocenters. The number of cyclic esters (lactones) is 1. The van der Waals surface area contributed by atoms with Crippen molar-refractivity contribution in [3.63, 3.8) is 0 Å². The molecular weight excluding hydrogens is 775 g/mol. The quantitative estimate of drug-likeness (QED) is 0.138. The highest BCUT2D eigenvalue weighted by Crippen LogP contribution is 2.39. The van der Waals surface area contributed by atoms with Crippen LogP contribution in [0.1, 0.15) is 104 Å². The lowest BCUT2D eigenvalue weighted by Crippen LogP contribution is -2.60. The van der Waals surface area contributed by atoms with Gasteiger partial charge < -0.3 is 43.9 Å². The van der Waals surface area contributed by atoms with Crippen molar-refractivity contribution in [3.05, 3.63) is 57.8 Å². The van der Waals surface area contributed by atoms with Gasteiger partial charge in [0.25, 0.3) is 0 Å². The summed E-state index contributed by atoms with van der Waals surface area (Å²) in [6.45, 7) is 16.1. The molecule has 59 heavy (non-hydrogen) atoms. The molecule has 0 radical (unpaired) electrons. The van der Waals surface area contributed by atoms with Crippen LogP contribution in [0.3, 0.4) is 0 Å². The Kier molecular flexibility index (Phi) is 17.4. The lowest BCUT2D eigenvalue weighted by Gasteiger charge is -2.48. The third-order valence-electron chi connectivity index (χ3n) is 12.5. The number of carbonyl (C=O) groups excluding carboxylic acids is 2. The second-order valence-electron chi connectivity index (χ2n) is 17.1. The molecule has 2 fully saturated rings. The molecule has 0 saturated carbocycles. The molecule has 1 aromatic heterocycles. The number of hydrogen-bond acceptors (Lipinski definition) is 14. The molecule has 1 aromatic carbocycles. The fourth-order valence-electron chi connectivity index (χ4n) is 8.37. The van der Waals surface area contributed by atoms with Crippen LogP contribution in [0.5, 0.6) is 0 Å². The van der Waals surface area contributed by atoms with Gasteiger partial charge in [-0.15, -0.1) is 11.3 Å². The number of carbonyl (C=O) groups is 2. The highest BCUT2D eigenvalue weighted by atomic mass is 32.1. The smallest absolute Gasteiger partial charge is 0.312 e. The van der Waals surface area contributed by atoms with E-state index in [1.165, 1.54) is 18.3 Å². The second kappa shape index (κ2) is 21.1. The molecule has 0 amide bonds. The Morgan fingerprint density at radius 3 is 2.27 bits per heavy atom. The number of rotatable bonds is 11. The zero-order valence-corrected chi connectivity index (χ0v) is 37.9. The second-order valence-corrected chi connectivity index (χ2v) is 18.1. The van der Waals surface area contributed by atoms with Crippen molar-refractivity contribution in [2.24, 2.45) is 28.0 Å². The Bertz CT molecular complexity index is 1720. The first-order valence-electron chi connectivity index (χ1n) is 21.0. The zero-order valence-electron chi connectivity index (χ0n) is 37.1. The van der Waals surface area contributed by atoms with Gasteiger partial charge in [-0.3, -0.25) is 9.59 Å². The van der Waals surface area contributed by atoms with Gasteiger partial charge in [0.05, 0.1) is 46.8 Å². The van der Waals surface area contributed by atoms with Crippen molar-refractivity contribution in [1.82, 2.24) is 4.90 Å². The van der Waals surface area contributed by atoms with Gasteiger partial charge in [-0.05, 0) is 103 Å². The van der Waals surface area contributed by atoms with Crippen molar-refractivity contribution in [2.75, 3.05) is 21.2 Å². The van der Waals surface area contributed by atoms with Crippen LogP contribution < -0.4 is 0 Å². The monoisotopic (exact) mass is 843 g/mol. The summed E-state index contributed by atoms with van der Waals surface area (Å²) in [6.07, 6.45) is -5.01. The van der Waals surface area contributed by atoms with E-state index in [0.717, 1.165) is 22.4 Å². The number of likely N-dealkylation sites (N-methyl/N-ethyl adjacent to an activating group) is 1. The molecular formula is C45H69N3O10S. The molecule has 0 aliphatic carbocycles. The van der Waals surface area contributed by atoms with E-state index in [0.29, 0.717) is 17.8 Å². The van der Waals surface area contributed by atoms with Crippen molar-refractivity contribution in [3.8, 4) is 0 Å². The largest absolute Gasteiger partial charge is 0.461 e. The summed E-state index contributed by atoms with van der Waals surface area (Å²) in [7, 11) is 5.34. The van der Waals surface area contributed by atoms with Crippen LogP contribution in [0.2, 0.25) is 0 Å². The number of methoxy groups -OCH3 is 1. The van der Waals surface area contributed by atoms with E-state index in [9.17, 15) is 24.9 Å². The lowest BCUT2D eigenvalue weighted by molar-refractivity contribution is -0.301. The third kappa shape index (κ3) is 11.9. The Balaban J connectivity index is 1.87. The van der Waals surface area contributed by atoms with E-state index >= 15 is 0 Å². The van der Waals surface area contributed by atoms with Crippen LogP contribution in [-0.2, 0) is 46.1 Å². The Labute approximate surface area is 355 Å². The molecule has 2 aromatic rings. The maximum Gasteiger partial charge on any atom is 0.312 e. The average molecular weight is 844 g/mol. The minimum absolute atomic E-state index is 0.0455. The summed E-state index contributed by atoms with van der Waals surface area (Å²) in [5.41, 5.74) is -0.0682. The molecule has 2 aliphatic heterocycles. The van der Waals surface area contributed by atoms with Crippen molar-refractivity contribution < 1.29 is 48.6 Å². The highest BCUT2D eigenvalue weighted by Gasteiger charge is 2.51. The first-order valence-corrected chi connectivity index (χ1v) is 21.9. The first-order chi connectivity index (χ1) is 27.8. The van der Waals surface area contributed by atoms with Gasteiger partial charge in [-0.1, -0.05) is 58.0 Å². The van der Waals surface area contributed by atoms with E-state index in [1.54, 1.807) is 27.9 Å². The number of ether oxygens (including phenoxy) is 5. The minimum Gasteiger partial charge on any atom is -0.461 e. The number of hydrogen-bond donors (Lipinski definition) is 3. The number of aliphatic hydroxyl groups is 3. The topological polar surface area (TPSA) is 169 Å². The maximum atomic E-state index is 14.3. The number of aryl methyl sites for hydroxylation is 1. The van der Waals surface area contributed by atoms with Crippen LogP contribution in [0, 0.1) is 17.8 Å². The number of benzene rings is 1. The first kappa shape index (κ1) is 48.6. The molecule has 0 bridgehead atoms. The van der Waals surface area contributed by atoms with Crippen LogP contribution in [0.4, 0.5) is 0 Å². The van der Waals surface area contributed by atoms with Gasteiger partial charge in [-0.25, -0.2) is 0 Å². The molecule has 13 unspecified atom stereocenters. The molecule has 3 N–H and O–H groups in total. The third-order valence-corrected chi connectivity index (χ3v) is 13.5. The van der Waals surface area contributed by atoms with Crippen molar-refractivity contribution in [2.45, 2.75) is 161 Å². The number of nitrogens with zero attached hydrogens (tertiary/aromatic N) is 3.